The maximum atomic E-state index is 12.9. The van der Waals surface area contributed by atoms with Crippen LogP contribution in [0.25, 0.3) is 16.7 Å². The van der Waals surface area contributed by atoms with E-state index < -0.39 is 0 Å². The molecule has 76 heavy (non-hydrogen) atoms. The molecule has 3 aliphatic heterocycles. The molecule has 0 saturated carbocycles. The molecule has 0 saturated heterocycles. The van der Waals surface area contributed by atoms with Crippen molar-refractivity contribution in [2.75, 3.05) is 60.6 Å². The first-order chi connectivity index (χ1) is 37.1. The average Bonchev–Trinajstić information content (AvgIpc) is 3.99. The van der Waals surface area contributed by atoms with E-state index in [1.54, 1.807) is 26.8 Å². The first kappa shape index (κ1) is 56.6. The molecular formula is C64H72ClFN6O4. The Morgan fingerprint density at radius 3 is 1.21 bits per heavy atom. The van der Waals surface area contributed by atoms with Gasteiger partial charge in [0.1, 0.15) is 11.6 Å². The molecule has 396 valence electrons. The lowest BCUT2D eigenvalue weighted by Crippen LogP contribution is -2.31. The SMILES string of the molecule is CCCCCCCOc1ccc(CC/C=C2/C(=O)N(CCN)c3ccccc32)cc1.NCCN1C(=O)/C(=C/CCc2ccc(Cl)cc2)c2ccccc21.NCCN1C(=O)/C(=C/CCc2ccc(F)cc2)c2ccccc21. The van der Waals surface area contributed by atoms with Gasteiger partial charge in [0.25, 0.3) is 17.7 Å². The van der Waals surface area contributed by atoms with Crippen LogP contribution in [0.15, 0.2) is 164 Å². The third kappa shape index (κ3) is 15.0. The number of hydrogen-bond acceptors (Lipinski definition) is 7. The molecule has 6 aromatic carbocycles. The number of nitrogens with zero attached hydrogens (tertiary/aromatic N) is 3. The Labute approximate surface area is 453 Å². The molecule has 0 spiro atoms. The number of amides is 3. The summed E-state index contributed by atoms with van der Waals surface area (Å²) >= 11 is 5.90. The van der Waals surface area contributed by atoms with E-state index in [1.165, 1.54) is 48.9 Å². The zero-order valence-electron chi connectivity index (χ0n) is 43.8. The summed E-state index contributed by atoms with van der Waals surface area (Å²) in [5.74, 6) is 0.821. The molecule has 3 amide bonds. The maximum Gasteiger partial charge on any atom is 0.258 e. The molecule has 0 aromatic heterocycles. The fraction of sp³-hybridized carbons (Fsp3) is 0.297. The maximum absolute atomic E-state index is 12.9. The highest BCUT2D eigenvalue weighted by Gasteiger charge is 2.33. The second-order valence-electron chi connectivity index (χ2n) is 18.9. The van der Waals surface area contributed by atoms with E-state index >= 15 is 0 Å². The van der Waals surface area contributed by atoms with Crippen molar-refractivity contribution in [3.05, 3.63) is 208 Å². The van der Waals surface area contributed by atoms with Crippen LogP contribution in [0.1, 0.15) is 91.7 Å². The fourth-order valence-electron chi connectivity index (χ4n) is 9.67. The van der Waals surface area contributed by atoms with E-state index in [0.29, 0.717) is 39.3 Å². The third-order valence-corrected chi connectivity index (χ3v) is 13.8. The minimum Gasteiger partial charge on any atom is -0.494 e. The molecular weight excluding hydrogens is 971 g/mol. The van der Waals surface area contributed by atoms with Crippen molar-refractivity contribution in [3.8, 4) is 5.75 Å². The summed E-state index contributed by atoms with van der Waals surface area (Å²) in [4.78, 5) is 43.3. The van der Waals surface area contributed by atoms with Crippen molar-refractivity contribution >= 4 is 63.1 Å². The van der Waals surface area contributed by atoms with Gasteiger partial charge in [-0.2, -0.15) is 0 Å². The number of aryl methyl sites for hydroxylation is 3. The highest BCUT2D eigenvalue weighted by molar-refractivity contribution is 6.34. The quantitative estimate of drug-likeness (QED) is 0.0453. The third-order valence-electron chi connectivity index (χ3n) is 13.6. The Kier molecular flexibility index (Phi) is 21.8. The van der Waals surface area contributed by atoms with E-state index in [9.17, 15) is 18.8 Å². The van der Waals surface area contributed by atoms with Crippen LogP contribution in [-0.4, -0.2) is 63.6 Å². The summed E-state index contributed by atoms with van der Waals surface area (Å²) < 4.78 is 18.8. The normalized spacial score (nSPS) is 14.9. The van der Waals surface area contributed by atoms with Crippen LogP contribution < -0.4 is 36.6 Å². The smallest absolute Gasteiger partial charge is 0.258 e. The van der Waals surface area contributed by atoms with Gasteiger partial charge >= 0.3 is 0 Å². The number of carbonyl (C=O) groups excluding carboxylic acids is 3. The Hall–Kier alpha value is -7.15. The van der Waals surface area contributed by atoms with Crippen LogP contribution in [0.2, 0.25) is 5.02 Å². The molecule has 0 radical (unpaired) electrons. The van der Waals surface area contributed by atoms with E-state index in [2.05, 4.69) is 25.1 Å². The number of benzene rings is 6. The largest absolute Gasteiger partial charge is 0.494 e. The molecule has 10 nitrogen and oxygen atoms in total. The molecule has 0 bridgehead atoms. The molecule has 9 rings (SSSR count). The van der Waals surface area contributed by atoms with Gasteiger partial charge in [-0.3, -0.25) is 14.4 Å². The monoisotopic (exact) mass is 1040 g/mol. The molecule has 3 heterocycles. The summed E-state index contributed by atoms with van der Waals surface area (Å²) in [6.45, 7) is 5.98. The second kappa shape index (κ2) is 29.2. The number of ether oxygens (including phenoxy) is 1. The standard InChI is InChI=1S/C26H34N2O2.C19H19ClN2O.C19H19FN2O/c1-2-3-4-5-8-20-30-22-16-14-21(15-17-22)10-9-12-24-23-11-6-7-13-25(23)28(19-18-27)26(24)29;2*20-15-10-8-14(9-11-15)4-3-6-17-16-5-1-2-7-18(16)22(13-12-21)19(17)23/h6-7,11-17H,2-5,8-10,18-20,27H2,1H3;2*1-2,5-11H,3-4,12-13,21H2/b24-12+;2*17-6+. The summed E-state index contributed by atoms with van der Waals surface area (Å²) in [6.07, 6.45) is 17.2. The lowest BCUT2D eigenvalue weighted by Gasteiger charge is -2.15. The van der Waals surface area contributed by atoms with Crippen molar-refractivity contribution in [2.45, 2.75) is 77.6 Å². The summed E-state index contributed by atoms with van der Waals surface area (Å²) in [5, 5.41) is 0.740. The first-order valence-corrected chi connectivity index (χ1v) is 27.2. The number of para-hydroxylation sites is 3. The lowest BCUT2D eigenvalue weighted by molar-refractivity contribution is -0.113. The lowest BCUT2D eigenvalue weighted by atomic mass is 10.0. The second-order valence-corrected chi connectivity index (χ2v) is 19.4. The average molecular weight is 1040 g/mol. The first-order valence-electron chi connectivity index (χ1n) is 26.8. The zero-order chi connectivity index (χ0) is 53.7. The Bertz CT molecular complexity index is 2830. The van der Waals surface area contributed by atoms with Gasteiger partial charge < -0.3 is 36.6 Å². The molecule has 0 aliphatic carbocycles. The zero-order valence-corrected chi connectivity index (χ0v) is 44.5. The molecule has 0 atom stereocenters. The number of carbonyl (C=O) groups is 3. The van der Waals surface area contributed by atoms with E-state index in [1.807, 2.05) is 121 Å². The molecule has 12 heteroatoms. The number of halogens is 2. The van der Waals surface area contributed by atoms with Crippen LogP contribution >= 0.6 is 11.6 Å². The minimum atomic E-state index is -0.232. The van der Waals surface area contributed by atoms with Gasteiger partial charge in [-0.1, -0.05) is 153 Å². The molecule has 3 aliphatic rings. The van der Waals surface area contributed by atoms with Crippen LogP contribution in [-0.2, 0) is 33.6 Å². The number of rotatable bonds is 22. The van der Waals surface area contributed by atoms with Gasteiger partial charge in [0, 0.05) is 77.7 Å². The number of allylic oxidation sites excluding steroid dienone is 3. The van der Waals surface area contributed by atoms with Gasteiger partial charge in [-0.05, 0) is 116 Å². The predicted octanol–water partition coefficient (Wildman–Crippen LogP) is 12.2. The van der Waals surface area contributed by atoms with E-state index in [0.717, 1.165) is 118 Å². The summed E-state index contributed by atoms with van der Waals surface area (Å²) in [5.41, 5.74) is 28.6. The minimum absolute atomic E-state index is 0.00996. The number of hydrogen-bond donors (Lipinski definition) is 3. The van der Waals surface area contributed by atoms with Gasteiger partial charge in [-0.25, -0.2) is 4.39 Å². The van der Waals surface area contributed by atoms with Crippen molar-refractivity contribution < 1.29 is 23.5 Å². The molecule has 6 aromatic rings. The van der Waals surface area contributed by atoms with Gasteiger partial charge in [0.15, 0.2) is 0 Å². The Morgan fingerprint density at radius 1 is 0.474 bits per heavy atom. The Morgan fingerprint density at radius 2 is 0.829 bits per heavy atom. The molecule has 0 fully saturated rings. The predicted molar refractivity (Wildman–Crippen MR) is 311 cm³/mol. The van der Waals surface area contributed by atoms with Crippen molar-refractivity contribution in [1.82, 2.24) is 0 Å². The van der Waals surface area contributed by atoms with Gasteiger partial charge in [0.05, 0.1) is 23.7 Å². The Balaban J connectivity index is 0.000000168. The fourth-order valence-corrected chi connectivity index (χ4v) is 9.79. The summed E-state index contributed by atoms with van der Waals surface area (Å²) in [7, 11) is 0. The highest BCUT2D eigenvalue weighted by Crippen LogP contribution is 2.39. The van der Waals surface area contributed by atoms with Crippen LogP contribution in [0.3, 0.4) is 0 Å². The number of nitrogens with two attached hydrogens (primary N) is 3. The molecule has 6 N–H and O–H groups in total. The van der Waals surface area contributed by atoms with Gasteiger partial charge in [-0.15, -0.1) is 0 Å². The number of fused-ring (bicyclic) bond motifs is 3. The van der Waals surface area contributed by atoms with Crippen LogP contribution in [0.4, 0.5) is 21.5 Å². The topological polar surface area (TPSA) is 148 Å². The number of anilines is 3. The van der Waals surface area contributed by atoms with E-state index in [-0.39, 0.29) is 23.5 Å². The molecule has 0 unspecified atom stereocenters. The van der Waals surface area contributed by atoms with Crippen LogP contribution in [0.5, 0.6) is 5.75 Å². The van der Waals surface area contributed by atoms with E-state index in [4.69, 9.17) is 33.5 Å². The number of unbranched alkanes of at least 4 members (excludes halogenated alkanes) is 4. The van der Waals surface area contributed by atoms with Gasteiger partial charge in [0.2, 0.25) is 0 Å². The van der Waals surface area contributed by atoms with Crippen molar-refractivity contribution in [3.63, 3.8) is 0 Å². The van der Waals surface area contributed by atoms with Crippen molar-refractivity contribution in [1.29, 1.82) is 0 Å². The van der Waals surface area contributed by atoms with Crippen molar-refractivity contribution in [2.24, 2.45) is 17.2 Å². The van der Waals surface area contributed by atoms with Crippen LogP contribution in [0, 0.1) is 5.82 Å². The summed E-state index contributed by atoms with van der Waals surface area (Å²) in [6, 6.07) is 46.3. The highest BCUT2D eigenvalue weighted by atomic mass is 35.5.